The predicted molar refractivity (Wildman–Crippen MR) is 125 cm³/mol. The van der Waals surface area contributed by atoms with Crippen molar-refractivity contribution in [2.45, 2.75) is 32.8 Å². The fraction of sp³-hybridized carbons (Fsp3) is 0.238. The smallest absolute Gasteiger partial charge is 0.344 e. The van der Waals surface area contributed by atoms with E-state index >= 15 is 0 Å². The lowest BCUT2D eigenvalue weighted by atomic mass is 10.2. The standard InChI is InChI=1S/C21H18BrCl2N3O4/c1-3-4-18-26-17-6-5-13(22)9-14(17)20(28)27(18)25-10-12-7-15(23)19(16(24)8-12)31-11(2)21(29)30/h5-11H,3-4H2,1-2H3,(H,29,30)/t11-/m1/s1. The Morgan fingerprint density at radius 1 is 1.32 bits per heavy atom. The lowest BCUT2D eigenvalue weighted by molar-refractivity contribution is -0.144. The van der Waals surface area contributed by atoms with Crippen LogP contribution in [-0.2, 0) is 11.2 Å². The second-order valence-electron chi connectivity index (χ2n) is 6.71. The molecular formula is C21H18BrCl2N3O4. The molecule has 0 aliphatic rings. The van der Waals surface area contributed by atoms with Crippen molar-refractivity contribution in [3.8, 4) is 5.75 Å². The molecule has 2 aromatic carbocycles. The molecule has 0 amide bonds. The van der Waals surface area contributed by atoms with Crippen LogP contribution in [0.3, 0.4) is 0 Å². The molecule has 0 radical (unpaired) electrons. The number of ether oxygens (including phenoxy) is 1. The first kappa shape index (κ1) is 23.2. The first-order valence-electron chi connectivity index (χ1n) is 9.35. The third-order valence-corrected chi connectivity index (χ3v) is 5.39. The molecule has 0 saturated carbocycles. The van der Waals surface area contributed by atoms with E-state index in [0.29, 0.717) is 28.7 Å². The summed E-state index contributed by atoms with van der Waals surface area (Å²) in [6.45, 7) is 3.36. The van der Waals surface area contributed by atoms with Crippen molar-refractivity contribution >= 4 is 62.2 Å². The van der Waals surface area contributed by atoms with Crippen LogP contribution in [0.1, 0.15) is 31.7 Å². The number of rotatable bonds is 7. The molecule has 1 aromatic heterocycles. The van der Waals surface area contributed by atoms with Gasteiger partial charge in [-0.3, -0.25) is 4.79 Å². The number of carboxylic acids is 1. The summed E-state index contributed by atoms with van der Waals surface area (Å²) < 4.78 is 7.33. The Labute approximate surface area is 196 Å². The van der Waals surface area contributed by atoms with Gasteiger partial charge in [0, 0.05) is 10.9 Å². The fourth-order valence-corrected chi connectivity index (χ4v) is 3.77. The number of aryl methyl sites for hydroxylation is 1. The largest absolute Gasteiger partial charge is 0.479 e. The van der Waals surface area contributed by atoms with E-state index in [1.807, 2.05) is 13.0 Å². The second-order valence-corrected chi connectivity index (χ2v) is 8.44. The van der Waals surface area contributed by atoms with Gasteiger partial charge in [0.05, 0.1) is 27.2 Å². The Bertz CT molecular complexity index is 1220. The van der Waals surface area contributed by atoms with Gasteiger partial charge < -0.3 is 9.84 Å². The van der Waals surface area contributed by atoms with Gasteiger partial charge >= 0.3 is 5.97 Å². The SMILES string of the molecule is CCCc1nc2ccc(Br)cc2c(=O)n1N=Cc1cc(Cl)c(O[C@H](C)C(=O)O)c(Cl)c1. The molecule has 7 nitrogen and oxygen atoms in total. The van der Waals surface area contributed by atoms with E-state index in [4.69, 9.17) is 33.0 Å². The van der Waals surface area contributed by atoms with E-state index in [9.17, 15) is 9.59 Å². The Balaban J connectivity index is 2.03. The van der Waals surface area contributed by atoms with E-state index in [1.54, 1.807) is 12.1 Å². The molecule has 31 heavy (non-hydrogen) atoms. The zero-order valence-corrected chi connectivity index (χ0v) is 19.7. The topological polar surface area (TPSA) is 93.8 Å². The van der Waals surface area contributed by atoms with Crippen LogP contribution >= 0.6 is 39.1 Å². The van der Waals surface area contributed by atoms with Crippen LogP contribution in [0.15, 0.2) is 44.7 Å². The van der Waals surface area contributed by atoms with E-state index in [0.717, 1.165) is 10.9 Å². The van der Waals surface area contributed by atoms with Gasteiger partial charge in [0.25, 0.3) is 5.56 Å². The molecule has 0 unspecified atom stereocenters. The number of nitrogens with zero attached hydrogens (tertiary/aromatic N) is 3. The van der Waals surface area contributed by atoms with Crippen LogP contribution in [0.25, 0.3) is 10.9 Å². The predicted octanol–water partition coefficient (Wildman–Crippen LogP) is 5.15. The number of hydrogen-bond donors (Lipinski definition) is 1. The molecule has 0 aliphatic heterocycles. The summed E-state index contributed by atoms with van der Waals surface area (Å²) in [4.78, 5) is 28.6. The summed E-state index contributed by atoms with van der Waals surface area (Å²) in [5, 5.41) is 14.0. The van der Waals surface area contributed by atoms with Gasteiger partial charge in [-0.25, -0.2) is 9.78 Å². The molecule has 162 valence electrons. The third kappa shape index (κ3) is 5.26. The van der Waals surface area contributed by atoms with Crippen molar-refractivity contribution in [3.05, 3.63) is 66.6 Å². The molecule has 3 aromatic rings. The lowest BCUT2D eigenvalue weighted by Gasteiger charge is -2.14. The number of fused-ring (bicyclic) bond motifs is 1. The Morgan fingerprint density at radius 2 is 2.00 bits per heavy atom. The van der Waals surface area contributed by atoms with Crippen molar-refractivity contribution in [2.24, 2.45) is 5.10 Å². The Morgan fingerprint density at radius 3 is 2.61 bits per heavy atom. The summed E-state index contributed by atoms with van der Waals surface area (Å²) in [5.74, 6) is -0.543. The minimum atomic E-state index is -1.14. The van der Waals surface area contributed by atoms with E-state index in [2.05, 4.69) is 26.0 Å². The van der Waals surface area contributed by atoms with Crippen molar-refractivity contribution in [1.29, 1.82) is 0 Å². The van der Waals surface area contributed by atoms with Gasteiger partial charge in [0.2, 0.25) is 0 Å². The molecule has 0 aliphatic carbocycles. The quantitative estimate of drug-likeness (QED) is 0.429. The zero-order valence-electron chi connectivity index (χ0n) is 16.6. The average Bonchev–Trinajstić information content (AvgIpc) is 2.71. The summed E-state index contributed by atoms with van der Waals surface area (Å²) >= 11 is 15.8. The normalized spacial score (nSPS) is 12.4. The summed E-state index contributed by atoms with van der Waals surface area (Å²) in [6.07, 6.45) is 1.68. The monoisotopic (exact) mass is 525 g/mol. The molecular weight excluding hydrogens is 509 g/mol. The minimum absolute atomic E-state index is 0.0662. The number of benzene rings is 2. The van der Waals surface area contributed by atoms with Crippen LogP contribution in [0.4, 0.5) is 0 Å². The zero-order chi connectivity index (χ0) is 22.7. The number of aromatic nitrogens is 2. The maximum Gasteiger partial charge on any atom is 0.344 e. The van der Waals surface area contributed by atoms with Crippen LogP contribution in [0.5, 0.6) is 5.75 Å². The first-order chi connectivity index (χ1) is 14.7. The van der Waals surface area contributed by atoms with Crippen LogP contribution in [-0.4, -0.2) is 33.1 Å². The van der Waals surface area contributed by atoms with E-state index in [1.165, 1.54) is 29.9 Å². The highest BCUT2D eigenvalue weighted by Gasteiger charge is 2.18. The molecule has 3 rings (SSSR count). The van der Waals surface area contributed by atoms with Gasteiger partial charge in [0.1, 0.15) is 5.82 Å². The molecule has 0 spiro atoms. The molecule has 0 bridgehead atoms. The molecule has 0 saturated heterocycles. The van der Waals surface area contributed by atoms with Gasteiger partial charge in [-0.15, -0.1) is 0 Å². The first-order valence-corrected chi connectivity index (χ1v) is 10.9. The number of aliphatic carboxylic acids is 1. The number of carboxylic acid groups (broad SMARTS) is 1. The molecule has 1 atom stereocenters. The van der Waals surface area contributed by atoms with Crippen LogP contribution in [0, 0.1) is 0 Å². The number of hydrogen-bond acceptors (Lipinski definition) is 5. The third-order valence-electron chi connectivity index (χ3n) is 4.33. The van der Waals surface area contributed by atoms with Crippen molar-refractivity contribution in [3.63, 3.8) is 0 Å². The highest BCUT2D eigenvalue weighted by molar-refractivity contribution is 9.10. The van der Waals surface area contributed by atoms with Gasteiger partial charge in [-0.05, 0) is 49.2 Å². The van der Waals surface area contributed by atoms with Crippen LogP contribution in [0.2, 0.25) is 10.0 Å². The van der Waals surface area contributed by atoms with Crippen molar-refractivity contribution in [2.75, 3.05) is 0 Å². The Hall–Kier alpha value is -2.42. The average molecular weight is 527 g/mol. The number of carbonyl (C=O) groups is 1. The highest BCUT2D eigenvalue weighted by atomic mass is 79.9. The van der Waals surface area contributed by atoms with E-state index in [-0.39, 0.29) is 21.4 Å². The second kappa shape index (κ2) is 9.80. The summed E-state index contributed by atoms with van der Waals surface area (Å²) in [6, 6.07) is 8.37. The Kier molecular flexibility index (Phi) is 7.35. The van der Waals surface area contributed by atoms with Gasteiger partial charge in [-0.2, -0.15) is 9.78 Å². The molecule has 1 heterocycles. The molecule has 0 fully saturated rings. The molecule has 10 heteroatoms. The highest BCUT2D eigenvalue weighted by Crippen LogP contribution is 2.34. The fourth-order valence-electron chi connectivity index (χ4n) is 2.82. The maximum absolute atomic E-state index is 13.0. The van der Waals surface area contributed by atoms with Crippen molar-refractivity contribution in [1.82, 2.24) is 9.66 Å². The van der Waals surface area contributed by atoms with E-state index < -0.39 is 12.1 Å². The lowest BCUT2D eigenvalue weighted by Crippen LogP contribution is -2.23. The maximum atomic E-state index is 13.0. The summed E-state index contributed by atoms with van der Waals surface area (Å²) in [7, 11) is 0. The molecule has 1 N–H and O–H groups in total. The minimum Gasteiger partial charge on any atom is -0.479 e. The van der Waals surface area contributed by atoms with Crippen LogP contribution < -0.4 is 10.3 Å². The van der Waals surface area contributed by atoms with Gasteiger partial charge in [-0.1, -0.05) is 46.1 Å². The van der Waals surface area contributed by atoms with Gasteiger partial charge in [0.15, 0.2) is 11.9 Å². The summed E-state index contributed by atoms with van der Waals surface area (Å²) in [5.41, 5.74) is 0.815. The number of halogens is 3. The van der Waals surface area contributed by atoms with Crippen molar-refractivity contribution < 1.29 is 14.6 Å².